The molecule has 6 heteroatoms. The van der Waals surface area contributed by atoms with E-state index in [1.54, 1.807) is 11.3 Å². The van der Waals surface area contributed by atoms with Crippen LogP contribution in [-0.2, 0) is 6.54 Å². The minimum Gasteiger partial charge on any atom is -0.396 e. The molecule has 3 N–H and O–H groups in total. The largest absolute Gasteiger partial charge is 0.396 e. The molecular weight excluding hydrogens is 380 g/mol. The number of hydrogen-bond donors (Lipinski definition) is 3. The maximum atomic E-state index is 9.62. The molecule has 0 bridgehead atoms. The predicted octanol–water partition coefficient (Wildman–Crippen LogP) is 2.70. The summed E-state index contributed by atoms with van der Waals surface area (Å²) >= 11 is 1.76. The number of hydrazine groups is 1. The van der Waals surface area contributed by atoms with Gasteiger partial charge in [0.05, 0.1) is 6.04 Å². The molecule has 2 aliphatic rings. The number of thiophene rings is 1. The van der Waals surface area contributed by atoms with E-state index in [4.69, 9.17) is 0 Å². The Morgan fingerprint density at radius 2 is 2.10 bits per heavy atom. The van der Waals surface area contributed by atoms with Crippen molar-refractivity contribution in [2.45, 2.75) is 38.9 Å². The first kappa shape index (κ1) is 21.0. The van der Waals surface area contributed by atoms with Crippen molar-refractivity contribution in [1.29, 1.82) is 0 Å². The summed E-state index contributed by atoms with van der Waals surface area (Å²) in [5.41, 5.74) is 12.4. The summed E-state index contributed by atoms with van der Waals surface area (Å²) in [7, 11) is 0. The quantitative estimate of drug-likeness (QED) is 0.650. The van der Waals surface area contributed by atoms with Crippen LogP contribution in [-0.4, -0.2) is 60.3 Å². The smallest absolute Gasteiger partial charge is 0.0518 e. The lowest BCUT2D eigenvalue weighted by atomic mass is 9.90. The number of nitrogens with one attached hydrogen (secondary N) is 2. The highest BCUT2D eigenvalue weighted by molar-refractivity contribution is 7.07. The molecule has 3 heterocycles. The first-order valence-electron chi connectivity index (χ1n) is 10.8. The van der Waals surface area contributed by atoms with Gasteiger partial charge in [-0.15, -0.1) is 0 Å². The number of aliphatic hydroxyl groups is 1. The zero-order chi connectivity index (χ0) is 20.2. The van der Waals surface area contributed by atoms with E-state index in [2.05, 4.69) is 69.5 Å². The third-order valence-corrected chi connectivity index (χ3v) is 7.20. The minimum absolute atomic E-state index is 0.260. The van der Waals surface area contributed by atoms with Crippen molar-refractivity contribution < 1.29 is 5.11 Å². The Labute approximate surface area is 178 Å². The molecule has 1 aromatic heterocycles. The normalized spacial score (nSPS) is 26.2. The molecule has 1 aromatic carbocycles. The van der Waals surface area contributed by atoms with E-state index in [1.807, 2.05) is 0 Å². The van der Waals surface area contributed by atoms with Crippen LogP contribution in [0.15, 0.2) is 35.0 Å². The van der Waals surface area contributed by atoms with Crippen LogP contribution < -0.4 is 10.9 Å². The van der Waals surface area contributed by atoms with Crippen molar-refractivity contribution in [2.24, 2.45) is 5.92 Å². The van der Waals surface area contributed by atoms with Gasteiger partial charge in [-0.25, -0.2) is 5.43 Å². The van der Waals surface area contributed by atoms with Gasteiger partial charge < -0.3 is 10.0 Å². The van der Waals surface area contributed by atoms with Crippen molar-refractivity contribution in [3.05, 3.63) is 57.3 Å². The number of benzene rings is 1. The highest BCUT2D eigenvalue weighted by atomic mass is 32.1. The summed E-state index contributed by atoms with van der Waals surface area (Å²) in [6, 6.07) is 9.77. The van der Waals surface area contributed by atoms with Crippen LogP contribution in [0.3, 0.4) is 0 Å². The third-order valence-electron chi connectivity index (χ3n) is 6.47. The van der Waals surface area contributed by atoms with Crippen LogP contribution in [0, 0.1) is 19.8 Å². The van der Waals surface area contributed by atoms with Gasteiger partial charge in [0.1, 0.15) is 0 Å². The van der Waals surface area contributed by atoms with Gasteiger partial charge in [0.15, 0.2) is 0 Å². The van der Waals surface area contributed by atoms with Gasteiger partial charge in [0.2, 0.25) is 0 Å². The van der Waals surface area contributed by atoms with Crippen molar-refractivity contribution in [2.75, 3.05) is 39.3 Å². The highest BCUT2D eigenvalue weighted by Gasteiger charge is 2.33. The van der Waals surface area contributed by atoms with Crippen molar-refractivity contribution in [3.63, 3.8) is 0 Å². The fourth-order valence-electron chi connectivity index (χ4n) is 4.84. The van der Waals surface area contributed by atoms with Gasteiger partial charge >= 0.3 is 0 Å². The molecule has 3 atom stereocenters. The van der Waals surface area contributed by atoms with Gasteiger partial charge in [-0.2, -0.15) is 11.3 Å². The fraction of sp³-hybridized carbons (Fsp3) is 0.565. The van der Waals surface area contributed by atoms with E-state index in [0.29, 0.717) is 18.0 Å². The lowest BCUT2D eigenvalue weighted by Crippen LogP contribution is -2.54. The fourth-order valence-corrected chi connectivity index (χ4v) is 5.49. The van der Waals surface area contributed by atoms with E-state index in [-0.39, 0.29) is 6.61 Å². The Bertz CT molecular complexity index is 781. The maximum Gasteiger partial charge on any atom is 0.0518 e. The Hall–Kier alpha value is -1.28. The van der Waals surface area contributed by atoms with Crippen LogP contribution in [0.2, 0.25) is 0 Å². The molecule has 29 heavy (non-hydrogen) atoms. The standard InChI is InChI=1S/C23H34N4OS/c1-17-3-4-18(2)22(11-17)23-20(12-24-25-23)14-26-7-8-27(21(15-26)5-9-28)13-19-6-10-29-16-19/h3-4,6,10-11,16,20-21,23-25,28H,5,7-9,12-15H2,1-2H3. The second kappa shape index (κ2) is 9.69. The Kier molecular flexibility index (Phi) is 7.00. The second-order valence-electron chi connectivity index (χ2n) is 8.65. The topological polar surface area (TPSA) is 50.8 Å². The first-order valence-corrected chi connectivity index (χ1v) is 11.7. The van der Waals surface area contributed by atoms with Crippen LogP contribution in [0.25, 0.3) is 0 Å². The monoisotopic (exact) mass is 414 g/mol. The molecular formula is C23H34N4OS. The Morgan fingerprint density at radius 3 is 2.90 bits per heavy atom. The predicted molar refractivity (Wildman–Crippen MR) is 120 cm³/mol. The van der Waals surface area contributed by atoms with Gasteiger partial charge in [-0.3, -0.25) is 10.3 Å². The molecule has 4 rings (SSSR count). The lowest BCUT2D eigenvalue weighted by Gasteiger charge is -2.42. The molecule has 0 amide bonds. The van der Waals surface area contributed by atoms with Crippen molar-refractivity contribution in [1.82, 2.24) is 20.7 Å². The summed E-state index contributed by atoms with van der Waals surface area (Å²) in [6.07, 6.45) is 0.849. The summed E-state index contributed by atoms with van der Waals surface area (Å²) in [5.74, 6) is 0.550. The lowest BCUT2D eigenvalue weighted by molar-refractivity contribution is 0.0458. The van der Waals surface area contributed by atoms with Gasteiger partial charge in [-0.1, -0.05) is 23.8 Å². The van der Waals surface area contributed by atoms with Crippen LogP contribution in [0.4, 0.5) is 0 Å². The molecule has 0 saturated carbocycles. The number of nitrogens with zero attached hydrogens (tertiary/aromatic N) is 2. The molecule has 158 valence electrons. The molecule has 2 saturated heterocycles. The van der Waals surface area contributed by atoms with Gasteiger partial charge in [0, 0.05) is 57.8 Å². The SMILES string of the molecule is Cc1ccc(C)c(C2NNCC2CN2CCN(Cc3ccsc3)C(CCO)C2)c1. The zero-order valence-corrected chi connectivity index (χ0v) is 18.4. The van der Waals surface area contributed by atoms with Crippen LogP contribution in [0.5, 0.6) is 0 Å². The van der Waals surface area contributed by atoms with E-state index in [0.717, 1.165) is 45.7 Å². The maximum absolute atomic E-state index is 9.62. The average molecular weight is 415 g/mol. The number of aryl methyl sites for hydroxylation is 2. The first-order chi connectivity index (χ1) is 14.1. The molecule has 0 aliphatic carbocycles. The molecule has 2 fully saturated rings. The Morgan fingerprint density at radius 1 is 1.21 bits per heavy atom. The van der Waals surface area contributed by atoms with Crippen LogP contribution >= 0.6 is 11.3 Å². The highest BCUT2D eigenvalue weighted by Crippen LogP contribution is 2.29. The second-order valence-corrected chi connectivity index (χ2v) is 9.43. The van der Waals surface area contributed by atoms with E-state index < -0.39 is 0 Å². The minimum atomic E-state index is 0.260. The molecule has 2 aliphatic heterocycles. The molecule has 0 radical (unpaired) electrons. The Balaban J connectivity index is 1.40. The average Bonchev–Trinajstić information content (AvgIpc) is 3.38. The van der Waals surface area contributed by atoms with E-state index >= 15 is 0 Å². The summed E-state index contributed by atoms with van der Waals surface area (Å²) < 4.78 is 0. The summed E-state index contributed by atoms with van der Waals surface area (Å²) in [6.45, 7) is 10.9. The molecule has 3 unspecified atom stereocenters. The third kappa shape index (κ3) is 5.08. The van der Waals surface area contributed by atoms with Gasteiger partial charge in [-0.05, 0) is 53.8 Å². The van der Waals surface area contributed by atoms with Crippen molar-refractivity contribution >= 4 is 11.3 Å². The van der Waals surface area contributed by atoms with Crippen LogP contribution in [0.1, 0.15) is 34.7 Å². The van der Waals surface area contributed by atoms with Gasteiger partial charge in [0.25, 0.3) is 0 Å². The van der Waals surface area contributed by atoms with Crippen molar-refractivity contribution in [3.8, 4) is 0 Å². The number of rotatable bonds is 7. The number of aliphatic hydroxyl groups excluding tert-OH is 1. The summed E-state index contributed by atoms with van der Waals surface area (Å²) in [5, 5.41) is 14.0. The number of piperazine rings is 1. The summed E-state index contributed by atoms with van der Waals surface area (Å²) in [4.78, 5) is 5.17. The molecule has 5 nitrogen and oxygen atoms in total. The molecule has 0 spiro atoms. The van der Waals surface area contributed by atoms with E-state index in [1.165, 1.54) is 22.3 Å². The number of hydrogen-bond acceptors (Lipinski definition) is 6. The molecule has 2 aromatic rings. The van der Waals surface area contributed by atoms with E-state index in [9.17, 15) is 5.11 Å². The zero-order valence-electron chi connectivity index (χ0n) is 17.6.